The number of halogens is 2. The Morgan fingerprint density at radius 3 is 2.56 bits per heavy atom. The maximum Gasteiger partial charge on any atom is 0.387 e. The second-order valence-corrected chi connectivity index (χ2v) is 6.54. The molecule has 1 saturated heterocycles. The van der Waals surface area contributed by atoms with Crippen LogP contribution in [0.1, 0.15) is 29.2 Å². The Morgan fingerprint density at radius 1 is 1.22 bits per heavy atom. The second-order valence-electron chi connectivity index (χ2n) is 6.54. The van der Waals surface area contributed by atoms with Crippen LogP contribution in [0.2, 0.25) is 0 Å². The predicted molar refractivity (Wildman–Crippen MR) is 96.7 cm³/mol. The van der Waals surface area contributed by atoms with Gasteiger partial charge in [-0.2, -0.15) is 8.78 Å². The number of benzene rings is 2. The first-order valence-electron chi connectivity index (χ1n) is 8.50. The topological polar surface area (TPSA) is 82.6 Å². The highest BCUT2D eigenvalue weighted by Gasteiger charge is 2.32. The molecular formula is C19H21F2N3O3. The van der Waals surface area contributed by atoms with Crippen molar-refractivity contribution < 1.29 is 23.4 Å². The number of aromatic hydroxyl groups is 1. The van der Waals surface area contributed by atoms with Crippen LogP contribution in [-0.4, -0.2) is 23.7 Å². The third-order valence-electron chi connectivity index (χ3n) is 4.42. The van der Waals surface area contributed by atoms with Crippen LogP contribution >= 0.6 is 0 Å². The molecule has 0 radical (unpaired) electrons. The van der Waals surface area contributed by atoms with Crippen molar-refractivity contribution >= 4 is 11.6 Å². The smallest absolute Gasteiger partial charge is 0.387 e. The molecule has 0 aromatic heterocycles. The van der Waals surface area contributed by atoms with Gasteiger partial charge in [0.2, 0.25) is 5.91 Å². The molecule has 6 nitrogen and oxygen atoms in total. The zero-order valence-corrected chi connectivity index (χ0v) is 14.9. The van der Waals surface area contributed by atoms with Crippen LogP contribution in [-0.2, 0) is 4.79 Å². The fraction of sp³-hybridized carbons (Fsp3) is 0.316. The molecule has 0 bridgehead atoms. The summed E-state index contributed by atoms with van der Waals surface area (Å²) >= 11 is 0. The highest BCUT2D eigenvalue weighted by Crippen LogP contribution is 2.33. The van der Waals surface area contributed by atoms with E-state index in [9.17, 15) is 18.7 Å². The highest BCUT2D eigenvalue weighted by molar-refractivity contribution is 5.95. The van der Waals surface area contributed by atoms with E-state index in [0.29, 0.717) is 12.1 Å². The lowest BCUT2D eigenvalue weighted by atomic mass is 9.95. The summed E-state index contributed by atoms with van der Waals surface area (Å²) in [5.41, 5.74) is 9.13. The molecule has 0 saturated carbocycles. The van der Waals surface area contributed by atoms with Crippen molar-refractivity contribution in [3.05, 3.63) is 53.1 Å². The van der Waals surface area contributed by atoms with E-state index >= 15 is 0 Å². The molecular weight excluding hydrogens is 356 g/mol. The Bertz CT molecular complexity index is 804. The summed E-state index contributed by atoms with van der Waals surface area (Å²) in [5.74, 6) is -0.0479. The molecule has 2 unspecified atom stereocenters. The molecule has 1 fully saturated rings. The van der Waals surface area contributed by atoms with E-state index < -0.39 is 12.7 Å². The van der Waals surface area contributed by atoms with E-state index in [1.165, 1.54) is 24.3 Å². The number of alkyl halides is 2. The first-order valence-corrected chi connectivity index (χ1v) is 8.50. The van der Waals surface area contributed by atoms with Gasteiger partial charge in [-0.15, -0.1) is 0 Å². The SMILES string of the molecule is Cc1cc(C)c(C2CC(C(=O)Nc3ccc(OC(F)F)cc3)NN2)c(O)c1. The van der Waals surface area contributed by atoms with Gasteiger partial charge in [-0.3, -0.25) is 4.79 Å². The summed E-state index contributed by atoms with van der Waals surface area (Å²) in [4.78, 5) is 12.5. The van der Waals surface area contributed by atoms with Crippen molar-refractivity contribution in [2.45, 2.75) is 39.0 Å². The number of hydrogen-bond acceptors (Lipinski definition) is 5. The molecule has 4 N–H and O–H groups in total. The molecule has 1 heterocycles. The largest absolute Gasteiger partial charge is 0.508 e. The van der Waals surface area contributed by atoms with Crippen molar-refractivity contribution in [1.82, 2.24) is 10.9 Å². The van der Waals surface area contributed by atoms with E-state index in [1.807, 2.05) is 19.9 Å². The summed E-state index contributed by atoms with van der Waals surface area (Å²) in [6, 6.07) is 8.66. The Morgan fingerprint density at radius 2 is 1.93 bits per heavy atom. The van der Waals surface area contributed by atoms with E-state index in [2.05, 4.69) is 20.9 Å². The number of anilines is 1. The van der Waals surface area contributed by atoms with Gasteiger partial charge in [0.05, 0.1) is 6.04 Å². The van der Waals surface area contributed by atoms with Crippen LogP contribution in [0.3, 0.4) is 0 Å². The average molecular weight is 377 g/mol. The van der Waals surface area contributed by atoms with Gasteiger partial charge >= 0.3 is 6.61 Å². The van der Waals surface area contributed by atoms with E-state index in [0.717, 1.165) is 16.7 Å². The van der Waals surface area contributed by atoms with Gasteiger partial charge in [0.15, 0.2) is 0 Å². The summed E-state index contributed by atoms with van der Waals surface area (Å²) < 4.78 is 28.6. The zero-order valence-electron chi connectivity index (χ0n) is 14.9. The quantitative estimate of drug-likeness (QED) is 0.644. The fourth-order valence-corrected chi connectivity index (χ4v) is 3.28. The molecule has 144 valence electrons. The van der Waals surface area contributed by atoms with Crippen LogP contribution in [0, 0.1) is 13.8 Å². The third kappa shape index (κ3) is 4.53. The molecule has 3 rings (SSSR count). The Labute approximate surface area is 155 Å². The average Bonchev–Trinajstić information content (AvgIpc) is 3.05. The van der Waals surface area contributed by atoms with Gasteiger partial charge in [-0.1, -0.05) is 6.07 Å². The molecule has 0 spiro atoms. The van der Waals surface area contributed by atoms with Crippen molar-refractivity contribution in [2.24, 2.45) is 0 Å². The number of aryl methyl sites for hydroxylation is 2. The van der Waals surface area contributed by atoms with Crippen molar-refractivity contribution in [3.8, 4) is 11.5 Å². The molecule has 1 aliphatic heterocycles. The van der Waals surface area contributed by atoms with Gasteiger partial charge in [0, 0.05) is 11.3 Å². The summed E-state index contributed by atoms with van der Waals surface area (Å²) in [5, 5.41) is 13.0. The van der Waals surface area contributed by atoms with Crippen molar-refractivity contribution in [3.63, 3.8) is 0 Å². The van der Waals surface area contributed by atoms with Crippen LogP contribution in [0.15, 0.2) is 36.4 Å². The van der Waals surface area contributed by atoms with Crippen LogP contribution in [0.25, 0.3) is 0 Å². The Hall–Kier alpha value is -2.71. The van der Waals surface area contributed by atoms with Gasteiger partial charge < -0.3 is 15.2 Å². The van der Waals surface area contributed by atoms with Crippen molar-refractivity contribution in [1.29, 1.82) is 0 Å². The lowest BCUT2D eigenvalue weighted by Crippen LogP contribution is -2.39. The number of ether oxygens (including phenoxy) is 1. The Balaban J connectivity index is 1.63. The number of phenolic OH excluding ortho intramolecular Hbond substituents is 1. The standard InChI is InChI=1S/C19H21F2N3O3/c1-10-7-11(2)17(16(25)8-10)14-9-15(24-23-14)18(26)22-12-3-5-13(6-4-12)27-19(20)21/h3-8,14-15,19,23-25H,9H2,1-2H3,(H,22,26). The number of amides is 1. The number of nitrogens with one attached hydrogen (secondary N) is 3. The first kappa shape index (κ1) is 19.1. The van der Waals surface area contributed by atoms with Crippen LogP contribution < -0.4 is 20.9 Å². The second kappa shape index (κ2) is 7.89. The number of carbonyl (C=O) groups excluding carboxylic acids is 1. The summed E-state index contributed by atoms with van der Waals surface area (Å²) in [6.45, 7) is 0.933. The van der Waals surface area contributed by atoms with Gasteiger partial charge in [0.25, 0.3) is 0 Å². The maximum atomic E-state index is 12.5. The molecule has 27 heavy (non-hydrogen) atoms. The molecule has 8 heteroatoms. The lowest BCUT2D eigenvalue weighted by Gasteiger charge is -2.16. The normalized spacial score (nSPS) is 19.3. The number of hydrazine groups is 1. The van der Waals surface area contributed by atoms with E-state index in [1.54, 1.807) is 6.07 Å². The molecule has 2 atom stereocenters. The number of carbonyl (C=O) groups is 1. The van der Waals surface area contributed by atoms with Crippen LogP contribution in [0.4, 0.5) is 14.5 Å². The van der Waals surface area contributed by atoms with Gasteiger partial charge in [-0.05, 0) is 61.7 Å². The Kier molecular flexibility index (Phi) is 5.57. The van der Waals surface area contributed by atoms with Crippen LogP contribution in [0.5, 0.6) is 11.5 Å². The van der Waals surface area contributed by atoms with Crippen molar-refractivity contribution in [2.75, 3.05) is 5.32 Å². The number of hydrogen-bond donors (Lipinski definition) is 4. The molecule has 1 aliphatic rings. The predicted octanol–water partition coefficient (Wildman–Crippen LogP) is 3.16. The molecule has 0 aliphatic carbocycles. The van der Waals surface area contributed by atoms with E-state index in [-0.39, 0.29) is 23.4 Å². The highest BCUT2D eigenvalue weighted by atomic mass is 19.3. The minimum atomic E-state index is -2.89. The lowest BCUT2D eigenvalue weighted by molar-refractivity contribution is -0.117. The summed E-state index contributed by atoms with van der Waals surface area (Å²) in [7, 11) is 0. The van der Waals surface area contributed by atoms with Gasteiger partial charge in [-0.25, -0.2) is 10.9 Å². The monoisotopic (exact) mass is 377 g/mol. The number of rotatable bonds is 5. The minimum Gasteiger partial charge on any atom is -0.508 e. The zero-order chi connectivity index (χ0) is 19.6. The molecule has 2 aromatic carbocycles. The third-order valence-corrected chi connectivity index (χ3v) is 4.42. The summed E-state index contributed by atoms with van der Waals surface area (Å²) in [6.07, 6.45) is 0.454. The molecule has 2 aromatic rings. The maximum absolute atomic E-state index is 12.5. The first-order chi connectivity index (χ1) is 12.8. The number of phenols is 1. The molecule has 1 amide bonds. The van der Waals surface area contributed by atoms with E-state index in [4.69, 9.17) is 0 Å². The van der Waals surface area contributed by atoms with Gasteiger partial charge in [0.1, 0.15) is 17.5 Å². The minimum absolute atomic E-state index is 0.0223. The fourth-order valence-electron chi connectivity index (χ4n) is 3.28.